The summed E-state index contributed by atoms with van der Waals surface area (Å²) in [4.78, 5) is 30.7. The smallest absolute Gasteiger partial charge is 0.266 e. The van der Waals surface area contributed by atoms with Crippen LogP contribution in [-0.2, 0) is 11.2 Å². The summed E-state index contributed by atoms with van der Waals surface area (Å²) in [6.45, 7) is 4.01. The van der Waals surface area contributed by atoms with E-state index in [9.17, 15) is 9.59 Å². The van der Waals surface area contributed by atoms with Crippen molar-refractivity contribution in [1.82, 2.24) is 9.55 Å². The number of aromatic nitrogens is 2. The normalized spacial score (nSPS) is 10.9. The summed E-state index contributed by atoms with van der Waals surface area (Å²) in [6, 6.07) is 22.7. The van der Waals surface area contributed by atoms with E-state index in [2.05, 4.69) is 12.2 Å². The van der Waals surface area contributed by atoms with Crippen molar-refractivity contribution >= 4 is 34.3 Å². The molecule has 0 fully saturated rings. The number of fused-ring (bicyclic) bond motifs is 1. The van der Waals surface area contributed by atoms with E-state index in [1.807, 2.05) is 73.7 Å². The summed E-state index contributed by atoms with van der Waals surface area (Å²) >= 11 is 1.26. The van der Waals surface area contributed by atoms with Crippen LogP contribution in [0, 0.1) is 6.92 Å². The van der Waals surface area contributed by atoms with Crippen LogP contribution in [0.25, 0.3) is 16.6 Å². The minimum absolute atomic E-state index is 0.135. The van der Waals surface area contributed by atoms with Gasteiger partial charge in [0, 0.05) is 5.69 Å². The van der Waals surface area contributed by atoms with E-state index in [1.165, 1.54) is 11.8 Å². The van der Waals surface area contributed by atoms with Crippen LogP contribution in [0.1, 0.15) is 18.1 Å². The first kappa shape index (κ1) is 20.9. The number of nitrogens with one attached hydrogen (secondary N) is 1. The van der Waals surface area contributed by atoms with Crippen molar-refractivity contribution in [3.63, 3.8) is 0 Å². The number of carbonyl (C=O) groups is 1. The van der Waals surface area contributed by atoms with Crippen LogP contribution < -0.4 is 10.9 Å². The molecule has 4 aromatic rings. The van der Waals surface area contributed by atoms with E-state index in [1.54, 1.807) is 10.6 Å². The molecule has 31 heavy (non-hydrogen) atoms. The summed E-state index contributed by atoms with van der Waals surface area (Å²) in [5.41, 5.74) is 4.12. The fourth-order valence-electron chi connectivity index (χ4n) is 3.50. The Bertz CT molecular complexity index is 1310. The zero-order valence-corrected chi connectivity index (χ0v) is 18.3. The SMILES string of the molecule is CCc1ccccc1NC(=O)CSc1nc2ccccc2c(=O)n1-c1ccccc1C. The van der Waals surface area contributed by atoms with Crippen molar-refractivity contribution < 1.29 is 4.79 Å². The Labute approximate surface area is 185 Å². The molecule has 0 atom stereocenters. The topological polar surface area (TPSA) is 64.0 Å². The van der Waals surface area contributed by atoms with E-state index in [0.717, 1.165) is 28.9 Å². The number of amides is 1. The number of aryl methyl sites for hydroxylation is 2. The van der Waals surface area contributed by atoms with E-state index < -0.39 is 0 Å². The highest BCUT2D eigenvalue weighted by atomic mass is 32.2. The number of benzene rings is 3. The summed E-state index contributed by atoms with van der Waals surface area (Å²) in [5, 5.41) is 4.03. The van der Waals surface area contributed by atoms with Crippen molar-refractivity contribution in [1.29, 1.82) is 0 Å². The zero-order chi connectivity index (χ0) is 21.8. The predicted octanol–water partition coefficient (Wildman–Crippen LogP) is 4.99. The molecule has 0 saturated carbocycles. The lowest BCUT2D eigenvalue weighted by molar-refractivity contribution is -0.113. The Morgan fingerprint density at radius 2 is 1.71 bits per heavy atom. The number of anilines is 1. The first-order valence-electron chi connectivity index (χ1n) is 10.2. The molecule has 6 heteroatoms. The number of carbonyl (C=O) groups excluding carboxylic acids is 1. The predicted molar refractivity (Wildman–Crippen MR) is 127 cm³/mol. The second kappa shape index (κ2) is 9.18. The van der Waals surface area contributed by atoms with Gasteiger partial charge in [0.15, 0.2) is 5.16 Å². The van der Waals surface area contributed by atoms with E-state index in [-0.39, 0.29) is 17.2 Å². The largest absolute Gasteiger partial charge is 0.325 e. The van der Waals surface area contributed by atoms with Crippen LogP contribution in [0.5, 0.6) is 0 Å². The Balaban J connectivity index is 1.68. The van der Waals surface area contributed by atoms with Gasteiger partial charge in [-0.3, -0.25) is 14.2 Å². The summed E-state index contributed by atoms with van der Waals surface area (Å²) in [6.07, 6.45) is 0.836. The minimum Gasteiger partial charge on any atom is -0.325 e. The molecule has 0 aliphatic rings. The molecule has 0 spiro atoms. The van der Waals surface area contributed by atoms with E-state index >= 15 is 0 Å². The lowest BCUT2D eigenvalue weighted by Crippen LogP contribution is -2.23. The fraction of sp³-hybridized carbons (Fsp3) is 0.160. The van der Waals surface area contributed by atoms with Crippen LogP contribution in [0.2, 0.25) is 0 Å². The second-order valence-electron chi connectivity index (χ2n) is 7.19. The summed E-state index contributed by atoms with van der Waals surface area (Å²) in [7, 11) is 0. The van der Waals surface area contributed by atoms with Gasteiger partial charge in [-0.1, -0.05) is 67.2 Å². The Morgan fingerprint density at radius 3 is 2.52 bits per heavy atom. The highest BCUT2D eigenvalue weighted by molar-refractivity contribution is 7.99. The average molecular weight is 430 g/mol. The monoisotopic (exact) mass is 429 g/mol. The number of rotatable bonds is 6. The zero-order valence-electron chi connectivity index (χ0n) is 17.5. The third kappa shape index (κ3) is 4.39. The number of para-hydroxylation sites is 3. The quantitative estimate of drug-likeness (QED) is 0.347. The average Bonchev–Trinajstić information content (AvgIpc) is 2.79. The van der Waals surface area contributed by atoms with Gasteiger partial charge >= 0.3 is 0 Å². The molecule has 156 valence electrons. The molecule has 1 aromatic heterocycles. The van der Waals surface area contributed by atoms with Gasteiger partial charge in [0.1, 0.15) is 0 Å². The molecule has 0 radical (unpaired) electrons. The van der Waals surface area contributed by atoms with Gasteiger partial charge in [0.2, 0.25) is 5.91 Å². The molecule has 3 aromatic carbocycles. The highest BCUT2D eigenvalue weighted by Gasteiger charge is 2.16. The third-order valence-corrected chi connectivity index (χ3v) is 6.04. The minimum atomic E-state index is -0.140. The standard InChI is InChI=1S/C25H23N3O2S/c1-3-18-11-5-7-13-20(18)26-23(29)16-31-25-27-21-14-8-6-12-19(21)24(30)28(25)22-15-9-4-10-17(22)2/h4-15H,3,16H2,1-2H3,(H,26,29). The van der Waals surface area contributed by atoms with Crippen molar-refractivity contribution in [2.45, 2.75) is 25.4 Å². The molecule has 5 nitrogen and oxygen atoms in total. The molecular weight excluding hydrogens is 406 g/mol. The Hall–Kier alpha value is -3.38. The second-order valence-corrected chi connectivity index (χ2v) is 8.13. The first-order valence-corrected chi connectivity index (χ1v) is 11.2. The lowest BCUT2D eigenvalue weighted by atomic mass is 10.1. The summed E-state index contributed by atoms with van der Waals surface area (Å²) < 4.78 is 1.61. The number of nitrogens with zero attached hydrogens (tertiary/aromatic N) is 2. The van der Waals surface area contributed by atoms with Crippen molar-refractivity contribution in [3.05, 3.63) is 94.3 Å². The van der Waals surface area contributed by atoms with E-state index in [0.29, 0.717) is 16.1 Å². The molecule has 0 unspecified atom stereocenters. The number of hydrogen-bond donors (Lipinski definition) is 1. The van der Waals surface area contributed by atoms with Gasteiger partial charge in [-0.25, -0.2) is 4.98 Å². The molecule has 0 aliphatic heterocycles. The van der Waals surface area contributed by atoms with Gasteiger partial charge in [0.25, 0.3) is 5.56 Å². The maximum Gasteiger partial charge on any atom is 0.266 e. The van der Waals surface area contributed by atoms with Crippen molar-refractivity contribution in [3.8, 4) is 5.69 Å². The van der Waals surface area contributed by atoms with Crippen LogP contribution in [0.15, 0.2) is 82.7 Å². The molecule has 1 heterocycles. The molecule has 0 bridgehead atoms. The Kier molecular flexibility index (Phi) is 6.18. The van der Waals surface area contributed by atoms with Crippen molar-refractivity contribution in [2.24, 2.45) is 0 Å². The van der Waals surface area contributed by atoms with Gasteiger partial charge in [-0.05, 0) is 48.7 Å². The maximum absolute atomic E-state index is 13.3. The summed E-state index contributed by atoms with van der Waals surface area (Å²) in [5.74, 6) is 0.0129. The van der Waals surface area contributed by atoms with Crippen LogP contribution in [-0.4, -0.2) is 21.2 Å². The molecule has 1 N–H and O–H groups in total. The molecule has 1 amide bonds. The maximum atomic E-state index is 13.3. The third-order valence-electron chi connectivity index (χ3n) is 5.11. The fourth-order valence-corrected chi connectivity index (χ4v) is 4.31. The molecule has 4 rings (SSSR count). The van der Waals surface area contributed by atoms with Crippen molar-refractivity contribution in [2.75, 3.05) is 11.1 Å². The number of thioether (sulfide) groups is 1. The molecular formula is C25H23N3O2S. The lowest BCUT2D eigenvalue weighted by Gasteiger charge is -2.15. The van der Waals surface area contributed by atoms with Gasteiger partial charge in [-0.2, -0.15) is 0 Å². The van der Waals surface area contributed by atoms with Gasteiger partial charge in [-0.15, -0.1) is 0 Å². The number of hydrogen-bond acceptors (Lipinski definition) is 4. The van der Waals surface area contributed by atoms with Crippen LogP contribution in [0.3, 0.4) is 0 Å². The first-order chi connectivity index (χ1) is 15.1. The Morgan fingerprint density at radius 1 is 1.00 bits per heavy atom. The van der Waals surface area contributed by atoms with Crippen LogP contribution >= 0.6 is 11.8 Å². The molecule has 0 saturated heterocycles. The van der Waals surface area contributed by atoms with E-state index in [4.69, 9.17) is 4.98 Å². The van der Waals surface area contributed by atoms with Gasteiger partial charge < -0.3 is 5.32 Å². The molecule has 0 aliphatic carbocycles. The highest BCUT2D eigenvalue weighted by Crippen LogP contribution is 2.24. The van der Waals surface area contributed by atoms with Gasteiger partial charge in [0.05, 0.1) is 22.3 Å². The van der Waals surface area contributed by atoms with Crippen LogP contribution in [0.4, 0.5) is 5.69 Å².